The maximum Gasteiger partial charge on any atom is 0.326 e. The number of sulfone groups is 1. The van der Waals surface area contributed by atoms with Crippen molar-refractivity contribution in [1.29, 1.82) is 0 Å². The van der Waals surface area contributed by atoms with Crippen molar-refractivity contribution in [3.63, 3.8) is 0 Å². The molecule has 0 aliphatic heterocycles. The number of hydrogen-bond donors (Lipinski definition) is 2. The van der Waals surface area contributed by atoms with Crippen LogP contribution in [0.1, 0.15) is 16.8 Å². The first-order valence-corrected chi connectivity index (χ1v) is 7.96. The van der Waals surface area contributed by atoms with Gasteiger partial charge < -0.3 is 10.4 Å². The van der Waals surface area contributed by atoms with E-state index in [2.05, 4.69) is 10.3 Å². The van der Waals surface area contributed by atoms with E-state index in [1.165, 1.54) is 18.3 Å². The van der Waals surface area contributed by atoms with Crippen LogP contribution in [-0.4, -0.2) is 48.4 Å². The maximum atomic E-state index is 11.8. The smallest absolute Gasteiger partial charge is 0.326 e. The Morgan fingerprint density at radius 3 is 2.55 bits per heavy atom. The van der Waals surface area contributed by atoms with Gasteiger partial charge in [0.25, 0.3) is 5.91 Å². The van der Waals surface area contributed by atoms with Gasteiger partial charge in [0.1, 0.15) is 21.0 Å². The van der Waals surface area contributed by atoms with Gasteiger partial charge in [0, 0.05) is 12.5 Å². The van der Waals surface area contributed by atoms with Crippen LogP contribution in [-0.2, 0) is 14.6 Å². The number of pyridine rings is 1. The fourth-order valence-corrected chi connectivity index (χ4v) is 2.12. The Morgan fingerprint density at radius 1 is 1.45 bits per heavy atom. The summed E-state index contributed by atoms with van der Waals surface area (Å²) in [6, 6.07) is 1.50. The van der Waals surface area contributed by atoms with Gasteiger partial charge >= 0.3 is 5.97 Å². The van der Waals surface area contributed by atoms with E-state index in [1.54, 1.807) is 0 Å². The van der Waals surface area contributed by atoms with Crippen molar-refractivity contribution in [2.24, 2.45) is 0 Å². The number of carboxylic acids is 1. The molecule has 2 N–H and O–H groups in total. The number of carboxylic acid groups (broad SMARTS) is 1. The molecule has 1 unspecified atom stereocenters. The summed E-state index contributed by atoms with van der Waals surface area (Å²) >= 11 is 5.57. The summed E-state index contributed by atoms with van der Waals surface area (Å²) in [7, 11) is -3.30. The molecule has 1 atom stereocenters. The van der Waals surface area contributed by atoms with E-state index in [9.17, 15) is 18.0 Å². The summed E-state index contributed by atoms with van der Waals surface area (Å²) in [4.78, 5) is 26.5. The SMILES string of the molecule is CS(=O)(=O)CCC(NC(=O)c1ccc(Cl)nc1)C(=O)O. The van der Waals surface area contributed by atoms with Crippen LogP contribution in [0.2, 0.25) is 5.15 Å². The highest BCUT2D eigenvalue weighted by molar-refractivity contribution is 7.90. The molecule has 0 aromatic carbocycles. The van der Waals surface area contributed by atoms with E-state index in [-0.39, 0.29) is 22.9 Å². The van der Waals surface area contributed by atoms with Gasteiger partial charge in [-0.1, -0.05) is 11.6 Å². The summed E-state index contributed by atoms with van der Waals surface area (Å²) < 4.78 is 22.0. The molecule has 0 bridgehead atoms. The highest BCUT2D eigenvalue weighted by Gasteiger charge is 2.22. The maximum absolute atomic E-state index is 11.8. The number of nitrogens with one attached hydrogen (secondary N) is 1. The Bertz CT molecular complexity index is 600. The number of aromatic nitrogens is 1. The molecular weight excluding hydrogens is 308 g/mol. The first-order valence-electron chi connectivity index (χ1n) is 5.52. The molecule has 1 aromatic heterocycles. The Labute approximate surface area is 120 Å². The van der Waals surface area contributed by atoms with Crippen molar-refractivity contribution in [1.82, 2.24) is 10.3 Å². The molecule has 1 amide bonds. The highest BCUT2D eigenvalue weighted by Crippen LogP contribution is 2.06. The normalized spacial score (nSPS) is 12.7. The predicted molar refractivity (Wildman–Crippen MR) is 72.5 cm³/mol. The number of hydrogen-bond acceptors (Lipinski definition) is 5. The third-order valence-electron chi connectivity index (χ3n) is 2.37. The number of halogens is 1. The molecule has 20 heavy (non-hydrogen) atoms. The third kappa shape index (κ3) is 5.54. The van der Waals surface area contributed by atoms with Gasteiger partial charge in [-0.3, -0.25) is 4.79 Å². The monoisotopic (exact) mass is 320 g/mol. The average Bonchev–Trinajstić information content (AvgIpc) is 2.33. The molecule has 1 rings (SSSR count). The second-order valence-electron chi connectivity index (χ2n) is 4.15. The summed E-state index contributed by atoms with van der Waals surface area (Å²) in [5.74, 6) is -2.29. The van der Waals surface area contributed by atoms with E-state index in [0.29, 0.717) is 0 Å². The Hall–Kier alpha value is -1.67. The molecule has 0 aliphatic carbocycles. The van der Waals surface area contributed by atoms with Gasteiger partial charge in [-0.2, -0.15) is 0 Å². The Morgan fingerprint density at radius 2 is 2.10 bits per heavy atom. The first kappa shape index (κ1) is 16.4. The largest absolute Gasteiger partial charge is 0.480 e. The van der Waals surface area contributed by atoms with E-state index in [4.69, 9.17) is 16.7 Å². The van der Waals surface area contributed by atoms with Crippen LogP contribution in [0.4, 0.5) is 0 Å². The Balaban J connectivity index is 2.73. The van der Waals surface area contributed by atoms with Crippen molar-refractivity contribution < 1.29 is 23.1 Å². The molecule has 1 aromatic rings. The molecule has 9 heteroatoms. The van der Waals surface area contributed by atoms with E-state index in [0.717, 1.165) is 6.26 Å². The van der Waals surface area contributed by atoms with Crippen LogP contribution in [0.15, 0.2) is 18.3 Å². The van der Waals surface area contributed by atoms with Crippen LogP contribution < -0.4 is 5.32 Å². The average molecular weight is 321 g/mol. The zero-order valence-corrected chi connectivity index (χ0v) is 12.1. The number of carbonyl (C=O) groups is 2. The standard InChI is InChI=1S/C11H13ClN2O5S/c1-20(18,19)5-4-8(11(16)17)14-10(15)7-2-3-9(12)13-6-7/h2-3,6,8H,4-5H2,1H3,(H,14,15)(H,16,17). The van der Waals surface area contributed by atoms with Crippen LogP contribution in [0, 0.1) is 0 Å². The van der Waals surface area contributed by atoms with Crippen molar-refractivity contribution in [3.05, 3.63) is 29.0 Å². The molecule has 0 fully saturated rings. The zero-order valence-electron chi connectivity index (χ0n) is 10.5. The van der Waals surface area contributed by atoms with Gasteiger partial charge in [-0.25, -0.2) is 18.2 Å². The fraction of sp³-hybridized carbons (Fsp3) is 0.364. The highest BCUT2D eigenvalue weighted by atomic mass is 35.5. The molecule has 7 nitrogen and oxygen atoms in total. The lowest BCUT2D eigenvalue weighted by Crippen LogP contribution is -2.41. The number of rotatable bonds is 6. The number of carbonyl (C=O) groups excluding carboxylic acids is 1. The van der Waals surface area contributed by atoms with Gasteiger partial charge in [0.05, 0.1) is 11.3 Å². The second-order valence-corrected chi connectivity index (χ2v) is 6.80. The van der Waals surface area contributed by atoms with Crippen molar-refractivity contribution in [3.8, 4) is 0 Å². The van der Waals surface area contributed by atoms with Gasteiger partial charge in [-0.05, 0) is 18.6 Å². The van der Waals surface area contributed by atoms with Crippen LogP contribution in [0.3, 0.4) is 0 Å². The van der Waals surface area contributed by atoms with Crippen LogP contribution in [0.25, 0.3) is 0 Å². The molecular formula is C11H13ClN2O5S. The quantitative estimate of drug-likeness (QED) is 0.731. The van der Waals surface area contributed by atoms with E-state index in [1.807, 2.05) is 0 Å². The number of aliphatic carboxylic acids is 1. The summed E-state index contributed by atoms with van der Waals surface area (Å²) in [6.07, 6.45) is 1.99. The third-order valence-corrected chi connectivity index (χ3v) is 3.57. The summed E-state index contributed by atoms with van der Waals surface area (Å²) in [6.45, 7) is 0. The lowest BCUT2D eigenvalue weighted by molar-refractivity contribution is -0.139. The van der Waals surface area contributed by atoms with E-state index >= 15 is 0 Å². The van der Waals surface area contributed by atoms with E-state index < -0.39 is 27.8 Å². The number of nitrogens with zero attached hydrogens (tertiary/aromatic N) is 1. The first-order chi connectivity index (χ1) is 9.19. The number of amides is 1. The van der Waals surface area contributed by atoms with Crippen molar-refractivity contribution >= 4 is 33.3 Å². The topological polar surface area (TPSA) is 113 Å². The van der Waals surface area contributed by atoms with Crippen LogP contribution >= 0.6 is 11.6 Å². The van der Waals surface area contributed by atoms with Gasteiger partial charge in [0.15, 0.2) is 0 Å². The molecule has 0 radical (unpaired) electrons. The molecule has 110 valence electrons. The molecule has 1 heterocycles. The minimum Gasteiger partial charge on any atom is -0.480 e. The lowest BCUT2D eigenvalue weighted by atomic mass is 10.2. The predicted octanol–water partition coefficient (Wildman–Crippen LogP) is 0.353. The van der Waals surface area contributed by atoms with Crippen LogP contribution in [0.5, 0.6) is 0 Å². The second kappa shape index (κ2) is 6.67. The fourth-order valence-electron chi connectivity index (χ4n) is 1.34. The lowest BCUT2D eigenvalue weighted by Gasteiger charge is -2.13. The summed E-state index contributed by atoms with van der Waals surface area (Å²) in [5.41, 5.74) is 0.139. The summed E-state index contributed by atoms with van der Waals surface area (Å²) in [5, 5.41) is 11.4. The Kier molecular flexibility index (Phi) is 5.46. The molecule has 0 aliphatic rings. The zero-order chi connectivity index (χ0) is 15.3. The molecule has 0 saturated carbocycles. The van der Waals surface area contributed by atoms with Gasteiger partial charge in [-0.15, -0.1) is 0 Å². The van der Waals surface area contributed by atoms with Crippen molar-refractivity contribution in [2.45, 2.75) is 12.5 Å². The molecule has 0 spiro atoms. The van der Waals surface area contributed by atoms with Gasteiger partial charge in [0.2, 0.25) is 0 Å². The minimum atomic E-state index is -3.30. The van der Waals surface area contributed by atoms with Crippen molar-refractivity contribution in [2.75, 3.05) is 12.0 Å². The minimum absolute atomic E-state index is 0.139. The molecule has 0 saturated heterocycles.